The highest BCUT2D eigenvalue weighted by atomic mass is 35.5. The second kappa shape index (κ2) is 7.44. The molecule has 0 saturated heterocycles. The molecule has 0 unspecified atom stereocenters. The van der Waals surface area contributed by atoms with E-state index in [1.165, 1.54) is 44.2 Å². The van der Waals surface area contributed by atoms with Gasteiger partial charge in [-0.15, -0.1) is 0 Å². The highest BCUT2D eigenvalue weighted by Crippen LogP contribution is 2.36. The Hall–Kier alpha value is -0.570. The van der Waals surface area contributed by atoms with Crippen molar-refractivity contribution < 1.29 is 0 Å². The maximum Gasteiger partial charge on any atom is 0.0409 e. The van der Waals surface area contributed by atoms with Crippen LogP contribution in [0.5, 0.6) is 0 Å². The summed E-state index contributed by atoms with van der Waals surface area (Å²) in [5.74, 6) is 0. The molecule has 0 heterocycles. The summed E-state index contributed by atoms with van der Waals surface area (Å²) in [7, 11) is 4.31. The summed E-state index contributed by atoms with van der Waals surface area (Å²) in [6, 6.07) is 8.21. The molecule has 112 valence electrons. The molecular weight excluding hydrogens is 268 g/mol. The molecule has 1 aromatic carbocycles. The molecule has 1 aromatic rings. The van der Waals surface area contributed by atoms with Crippen molar-refractivity contribution >= 4 is 11.6 Å². The Morgan fingerprint density at radius 1 is 1.25 bits per heavy atom. The van der Waals surface area contributed by atoms with E-state index in [4.69, 9.17) is 11.6 Å². The van der Waals surface area contributed by atoms with Crippen LogP contribution in [0.2, 0.25) is 5.02 Å². The maximum atomic E-state index is 6.07. The number of halogens is 1. The van der Waals surface area contributed by atoms with Gasteiger partial charge in [-0.1, -0.05) is 43.0 Å². The summed E-state index contributed by atoms with van der Waals surface area (Å²) >= 11 is 6.07. The van der Waals surface area contributed by atoms with Crippen LogP contribution in [0.4, 0.5) is 0 Å². The standard InChI is InChI=1S/C17H27ClN2/c1-19-13-17(9-4-3-5-10-17)14-20(2)12-15-7-6-8-16(18)11-15/h6-8,11,19H,3-5,9-10,12-14H2,1-2H3. The lowest BCUT2D eigenvalue weighted by molar-refractivity contribution is 0.116. The van der Waals surface area contributed by atoms with Crippen LogP contribution < -0.4 is 5.32 Å². The molecule has 2 nitrogen and oxygen atoms in total. The van der Waals surface area contributed by atoms with E-state index >= 15 is 0 Å². The molecule has 1 aliphatic carbocycles. The Morgan fingerprint density at radius 3 is 2.65 bits per heavy atom. The quantitative estimate of drug-likeness (QED) is 0.855. The summed E-state index contributed by atoms with van der Waals surface area (Å²) < 4.78 is 0. The first-order valence-corrected chi connectivity index (χ1v) is 8.09. The second-order valence-electron chi connectivity index (χ2n) is 6.39. The van der Waals surface area contributed by atoms with Gasteiger partial charge in [0.05, 0.1) is 0 Å². The zero-order valence-electron chi connectivity index (χ0n) is 12.8. The van der Waals surface area contributed by atoms with Gasteiger partial charge in [-0.05, 0) is 50.0 Å². The van der Waals surface area contributed by atoms with E-state index in [1.807, 2.05) is 12.1 Å². The Morgan fingerprint density at radius 2 is 2.00 bits per heavy atom. The van der Waals surface area contributed by atoms with Crippen LogP contribution in [0.3, 0.4) is 0 Å². The fraction of sp³-hybridized carbons (Fsp3) is 0.647. The molecule has 0 aromatic heterocycles. The summed E-state index contributed by atoms with van der Waals surface area (Å²) in [6.07, 6.45) is 6.88. The molecule has 0 aliphatic heterocycles. The van der Waals surface area contributed by atoms with Crippen LogP contribution in [0, 0.1) is 5.41 Å². The minimum Gasteiger partial charge on any atom is -0.319 e. The monoisotopic (exact) mass is 294 g/mol. The smallest absolute Gasteiger partial charge is 0.0409 e. The normalized spacial score (nSPS) is 18.4. The van der Waals surface area contributed by atoms with Crippen molar-refractivity contribution in [3.05, 3.63) is 34.9 Å². The lowest BCUT2D eigenvalue weighted by Gasteiger charge is -2.40. The number of nitrogens with zero attached hydrogens (tertiary/aromatic N) is 1. The molecule has 0 amide bonds. The van der Waals surface area contributed by atoms with Crippen molar-refractivity contribution in [2.24, 2.45) is 5.41 Å². The molecule has 1 saturated carbocycles. The highest BCUT2D eigenvalue weighted by molar-refractivity contribution is 6.30. The van der Waals surface area contributed by atoms with Crippen LogP contribution in [0.1, 0.15) is 37.7 Å². The molecule has 0 spiro atoms. The molecule has 0 atom stereocenters. The number of rotatable bonds is 6. The fourth-order valence-electron chi connectivity index (χ4n) is 3.64. The van der Waals surface area contributed by atoms with Crippen molar-refractivity contribution in [3.8, 4) is 0 Å². The molecular formula is C17H27ClN2. The van der Waals surface area contributed by atoms with Crippen molar-refractivity contribution in [1.29, 1.82) is 0 Å². The van der Waals surface area contributed by atoms with Gasteiger partial charge >= 0.3 is 0 Å². The van der Waals surface area contributed by atoms with Gasteiger partial charge in [0.2, 0.25) is 0 Å². The van der Waals surface area contributed by atoms with Gasteiger partial charge in [-0.3, -0.25) is 0 Å². The Labute approximate surface area is 128 Å². The third kappa shape index (κ3) is 4.47. The van der Waals surface area contributed by atoms with Gasteiger partial charge < -0.3 is 10.2 Å². The molecule has 1 fully saturated rings. The van der Waals surface area contributed by atoms with Crippen LogP contribution in [-0.4, -0.2) is 32.1 Å². The van der Waals surface area contributed by atoms with E-state index in [0.717, 1.165) is 18.1 Å². The summed E-state index contributed by atoms with van der Waals surface area (Å²) in [4.78, 5) is 2.45. The molecule has 2 rings (SSSR count). The maximum absolute atomic E-state index is 6.07. The highest BCUT2D eigenvalue weighted by Gasteiger charge is 2.32. The minimum atomic E-state index is 0.459. The van der Waals surface area contributed by atoms with Crippen molar-refractivity contribution in [3.63, 3.8) is 0 Å². The van der Waals surface area contributed by atoms with Crippen molar-refractivity contribution in [2.75, 3.05) is 27.2 Å². The first-order valence-electron chi connectivity index (χ1n) is 7.71. The molecule has 20 heavy (non-hydrogen) atoms. The molecule has 0 bridgehead atoms. The predicted molar refractivity (Wildman–Crippen MR) is 87.2 cm³/mol. The first kappa shape index (κ1) is 15.8. The van der Waals surface area contributed by atoms with Crippen LogP contribution in [0.25, 0.3) is 0 Å². The van der Waals surface area contributed by atoms with Crippen molar-refractivity contribution in [1.82, 2.24) is 10.2 Å². The van der Waals surface area contributed by atoms with Gasteiger partial charge in [0.1, 0.15) is 0 Å². The summed E-state index contributed by atoms with van der Waals surface area (Å²) in [6.45, 7) is 3.28. The topological polar surface area (TPSA) is 15.3 Å². The van der Waals surface area contributed by atoms with Crippen LogP contribution >= 0.6 is 11.6 Å². The zero-order chi connectivity index (χ0) is 14.4. The Bertz CT molecular complexity index is 408. The molecule has 1 aliphatic rings. The largest absolute Gasteiger partial charge is 0.319 e. The third-order valence-corrected chi connectivity index (χ3v) is 4.65. The molecule has 1 N–H and O–H groups in total. The Balaban J connectivity index is 1.95. The SMILES string of the molecule is CNCC1(CN(C)Cc2cccc(Cl)c2)CCCCC1. The number of hydrogen-bond acceptors (Lipinski definition) is 2. The zero-order valence-corrected chi connectivity index (χ0v) is 13.5. The van der Waals surface area contributed by atoms with Gasteiger partial charge in [0.15, 0.2) is 0 Å². The molecule has 0 radical (unpaired) electrons. The van der Waals surface area contributed by atoms with Gasteiger partial charge in [-0.25, -0.2) is 0 Å². The van der Waals surface area contributed by atoms with E-state index in [1.54, 1.807) is 0 Å². The third-order valence-electron chi connectivity index (χ3n) is 4.41. The van der Waals surface area contributed by atoms with Gasteiger partial charge in [0.25, 0.3) is 0 Å². The van der Waals surface area contributed by atoms with E-state index < -0.39 is 0 Å². The number of hydrogen-bond donors (Lipinski definition) is 1. The first-order chi connectivity index (χ1) is 9.63. The van der Waals surface area contributed by atoms with Crippen molar-refractivity contribution in [2.45, 2.75) is 38.6 Å². The second-order valence-corrected chi connectivity index (χ2v) is 6.83. The summed E-state index contributed by atoms with van der Waals surface area (Å²) in [5, 5.41) is 4.24. The van der Waals surface area contributed by atoms with Gasteiger partial charge in [-0.2, -0.15) is 0 Å². The van der Waals surface area contributed by atoms with Crippen LogP contribution in [0.15, 0.2) is 24.3 Å². The summed E-state index contributed by atoms with van der Waals surface area (Å²) in [5.41, 5.74) is 1.76. The van der Waals surface area contributed by atoms with Gasteiger partial charge in [0, 0.05) is 24.7 Å². The van der Waals surface area contributed by atoms with E-state index in [0.29, 0.717) is 5.41 Å². The van der Waals surface area contributed by atoms with E-state index in [-0.39, 0.29) is 0 Å². The number of benzene rings is 1. The Kier molecular flexibility index (Phi) is 5.88. The van der Waals surface area contributed by atoms with Crippen LogP contribution in [-0.2, 0) is 6.54 Å². The fourth-order valence-corrected chi connectivity index (χ4v) is 3.86. The average molecular weight is 295 g/mol. The van der Waals surface area contributed by atoms with E-state index in [9.17, 15) is 0 Å². The number of nitrogens with one attached hydrogen (secondary N) is 1. The molecule has 3 heteroatoms. The van der Waals surface area contributed by atoms with E-state index in [2.05, 4.69) is 36.4 Å². The minimum absolute atomic E-state index is 0.459. The lowest BCUT2D eigenvalue weighted by Crippen LogP contribution is -2.43. The average Bonchev–Trinajstić information content (AvgIpc) is 2.39. The lowest BCUT2D eigenvalue weighted by atomic mass is 9.73. The predicted octanol–water partition coefficient (Wildman–Crippen LogP) is 3.94.